The molecule has 0 spiro atoms. The van der Waals surface area contributed by atoms with Gasteiger partial charge in [0.1, 0.15) is 5.75 Å². The molecule has 1 amide bonds. The van der Waals surface area contributed by atoms with E-state index in [0.29, 0.717) is 25.3 Å². The van der Waals surface area contributed by atoms with Crippen LogP contribution in [-0.2, 0) is 4.79 Å². The minimum absolute atomic E-state index is 0.0731. The Kier molecular flexibility index (Phi) is 5.19. The minimum atomic E-state index is 0.0731. The highest BCUT2D eigenvalue weighted by Gasteiger charge is 1.96. The standard InChI is InChI=1S/C12H18N2O2/c1-2-12(15)14-7-4-8-16-11-6-3-5-10(13)9-11/h3,5-6,9H,2,4,7-8,13H2,1H3,(H,14,15). The van der Waals surface area contributed by atoms with Gasteiger partial charge >= 0.3 is 0 Å². The van der Waals surface area contributed by atoms with Crippen molar-refractivity contribution in [2.24, 2.45) is 0 Å². The normalized spacial score (nSPS) is 9.81. The molecule has 0 saturated heterocycles. The maximum absolute atomic E-state index is 10.9. The van der Waals surface area contributed by atoms with Crippen molar-refractivity contribution >= 4 is 11.6 Å². The van der Waals surface area contributed by atoms with Crippen molar-refractivity contribution < 1.29 is 9.53 Å². The van der Waals surface area contributed by atoms with E-state index >= 15 is 0 Å². The van der Waals surface area contributed by atoms with E-state index in [1.807, 2.05) is 25.1 Å². The number of amides is 1. The fourth-order valence-corrected chi connectivity index (χ4v) is 1.22. The van der Waals surface area contributed by atoms with Gasteiger partial charge < -0.3 is 15.8 Å². The summed E-state index contributed by atoms with van der Waals surface area (Å²) in [5.41, 5.74) is 6.30. The second kappa shape index (κ2) is 6.71. The van der Waals surface area contributed by atoms with Crippen LogP contribution in [0.1, 0.15) is 19.8 Å². The van der Waals surface area contributed by atoms with Crippen molar-refractivity contribution in [3.8, 4) is 5.75 Å². The first-order valence-corrected chi connectivity index (χ1v) is 5.47. The van der Waals surface area contributed by atoms with Crippen molar-refractivity contribution in [3.63, 3.8) is 0 Å². The summed E-state index contributed by atoms with van der Waals surface area (Å²) in [6, 6.07) is 7.31. The fourth-order valence-electron chi connectivity index (χ4n) is 1.22. The van der Waals surface area contributed by atoms with Crippen LogP contribution < -0.4 is 15.8 Å². The summed E-state index contributed by atoms with van der Waals surface area (Å²) in [6.07, 6.45) is 1.32. The van der Waals surface area contributed by atoms with E-state index in [1.165, 1.54) is 0 Å². The molecule has 4 nitrogen and oxygen atoms in total. The molecule has 4 heteroatoms. The van der Waals surface area contributed by atoms with Gasteiger partial charge in [-0.15, -0.1) is 0 Å². The predicted molar refractivity (Wildman–Crippen MR) is 64.3 cm³/mol. The zero-order valence-electron chi connectivity index (χ0n) is 9.53. The summed E-state index contributed by atoms with van der Waals surface area (Å²) in [6.45, 7) is 3.06. The Morgan fingerprint density at radius 2 is 2.31 bits per heavy atom. The van der Waals surface area contributed by atoms with Gasteiger partial charge in [0.25, 0.3) is 0 Å². The van der Waals surface area contributed by atoms with E-state index in [-0.39, 0.29) is 5.91 Å². The van der Waals surface area contributed by atoms with Gasteiger partial charge in [0, 0.05) is 24.7 Å². The van der Waals surface area contributed by atoms with E-state index in [0.717, 1.165) is 12.2 Å². The molecule has 1 aromatic rings. The van der Waals surface area contributed by atoms with E-state index in [1.54, 1.807) is 6.07 Å². The molecule has 0 saturated carbocycles. The molecule has 16 heavy (non-hydrogen) atoms. The smallest absolute Gasteiger partial charge is 0.219 e. The van der Waals surface area contributed by atoms with Crippen LogP contribution in [-0.4, -0.2) is 19.1 Å². The van der Waals surface area contributed by atoms with E-state index in [9.17, 15) is 4.79 Å². The van der Waals surface area contributed by atoms with E-state index < -0.39 is 0 Å². The van der Waals surface area contributed by atoms with Crippen LogP contribution in [0, 0.1) is 0 Å². The molecule has 0 aliphatic heterocycles. The molecule has 0 heterocycles. The molecule has 0 bridgehead atoms. The molecule has 88 valence electrons. The summed E-state index contributed by atoms with van der Waals surface area (Å²) >= 11 is 0. The van der Waals surface area contributed by atoms with Gasteiger partial charge in [-0.1, -0.05) is 13.0 Å². The Hall–Kier alpha value is -1.71. The number of hydrogen-bond donors (Lipinski definition) is 2. The molecule has 0 unspecified atom stereocenters. The molecule has 0 aromatic heterocycles. The lowest BCUT2D eigenvalue weighted by atomic mass is 10.3. The third-order valence-electron chi connectivity index (χ3n) is 2.09. The molecule has 0 aliphatic rings. The maximum atomic E-state index is 10.9. The highest BCUT2D eigenvalue weighted by Crippen LogP contribution is 2.14. The van der Waals surface area contributed by atoms with E-state index in [2.05, 4.69) is 5.32 Å². The van der Waals surface area contributed by atoms with Crippen LogP contribution in [0.3, 0.4) is 0 Å². The average Bonchev–Trinajstić information content (AvgIpc) is 2.28. The number of nitrogens with one attached hydrogen (secondary N) is 1. The van der Waals surface area contributed by atoms with Crippen LogP contribution in [0.15, 0.2) is 24.3 Å². The van der Waals surface area contributed by atoms with Crippen molar-refractivity contribution in [1.29, 1.82) is 0 Å². The lowest BCUT2D eigenvalue weighted by molar-refractivity contribution is -0.120. The number of benzene rings is 1. The summed E-state index contributed by atoms with van der Waals surface area (Å²) < 4.78 is 5.47. The SMILES string of the molecule is CCC(=O)NCCCOc1cccc(N)c1. The first-order valence-electron chi connectivity index (χ1n) is 5.47. The number of ether oxygens (including phenoxy) is 1. The molecular weight excluding hydrogens is 204 g/mol. The number of carbonyl (C=O) groups excluding carboxylic acids is 1. The number of nitrogen functional groups attached to an aromatic ring is 1. The van der Waals surface area contributed by atoms with Gasteiger partial charge in [0.15, 0.2) is 0 Å². The van der Waals surface area contributed by atoms with Crippen LogP contribution in [0.25, 0.3) is 0 Å². The summed E-state index contributed by atoms with van der Waals surface area (Å²) in [7, 11) is 0. The lowest BCUT2D eigenvalue weighted by Crippen LogP contribution is -2.24. The predicted octanol–water partition coefficient (Wildman–Crippen LogP) is 1.56. The molecule has 0 aliphatic carbocycles. The molecule has 3 N–H and O–H groups in total. The molecule has 0 fully saturated rings. The molecular formula is C12H18N2O2. The number of anilines is 1. The summed E-state index contributed by atoms with van der Waals surface area (Å²) in [5, 5.41) is 2.79. The number of carbonyl (C=O) groups is 1. The first-order chi connectivity index (χ1) is 7.72. The highest BCUT2D eigenvalue weighted by atomic mass is 16.5. The van der Waals surface area contributed by atoms with Crippen molar-refractivity contribution in [2.75, 3.05) is 18.9 Å². The molecule has 1 rings (SSSR count). The van der Waals surface area contributed by atoms with Crippen molar-refractivity contribution in [1.82, 2.24) is 5.32 Å². The third kappa shape index (κ3) is 4.68. The first kappa shape index (κ1) is 12.4. The Morgan fingerprint density at radius 1 is 1.50 bits per heavy atom. The lowest BCUT2D eigenvalue weighted by Gasteiger charge is -2.07. The van der Waals surface area contributed by atoms with Crippen molar-refractivity contribution in [2.45, 2.75) is 19.8 Å². The van der Waals surface area contributed by atoms with Crippen LogP contribution >= 0.6 is 0 Å². The van der Waals surface area contributed by atoms with Crippen LogP contribution in [0.4, 0.5) is 5.69 Å². The molecule has 0 radical (unpaired) electrons. The van der Waals surface area contributed by atoms with E-state index in [4.69, 9.17) is 10.5 Å². The largest absolute Gasteiger partial charge is 0.493 e. The van der Waals surface area contributed by atoms with Gasteiger partial charge in [-0.2, -0.15) is 0 Å². The van der Waals surface area contributed by atoms with Gasteiger partial charge in [-0.05, 0) is 18.6 Å². The van der Waals surface area contributed by atoms with Crippen LogP contribution in [0.2, 0.25) is 0 Å². The molecule has 0 atom stereocenters. The number of nitrogens with two attached hydrogens (primary N) is 1. The van der Waals surface area contributed by atoms with Gasteiger partial charge in [0.05, 0.1) is 6.61 Å². The maximum Gasteiger partial charge on any atom is 0.219 e. The topological polar surface area (TPSA) is 64.3 Å². The van der Waals surface area contributed by atoms with Crippen molar-refractivity contribution in [3.05, 3.63) is 24.3 Å². The summed E-state index contributed by atoms with van der Waals surface area (Å²) in [4.78, 5) is 10.9. The number of hydrogen-bond acceptors (Lipinski definition) is 3. The molecule has 1 aromatic carbocycles. The fraction of sp³-hybridized carbons (Fsp3) is 0.417. The Labute approximate surface area is 95.8 Å². The third-order valence-corrected chi connectivity index (χ3v) is 2.09. The highest BCUT2D eigenvalue weighted by molar-refractivity contribution is 5.75. The monoisotopic (exact) mass is 222 g/mol. The minimum Gasteiger partial charge on any atom is -0.493 e. The quantitative estimate of drug-likeness (QED) is 0.567. The Balaban J connectivity index is 2.14. The zero-order valence-corrected chi connectivity index (χ0v) is 9.53. The van der Waals surface area contributed by atoms with Gasteiger partial charge in [0.2, 0.25) is 5.91 Å². The summed E-state index contributed by atoms with van der Waals surface area (Å²) in [5.74, 6) is 0.839. The van der Waals surface area contributed by atoms with Gasteiger partial charge in [-0.25, -0.2) is 0 Å². The zero-order chi connectivity index (χ0) is 11.8. The van der Waals surface area contributed by atoms with Gasteiger partial charge in [-0.3, -0.25) is 4.79 Å². The Bertz CT molecular complexity index is 340. The van der Waals surface area contributed by atoms with Crippen LogP contribution in [0.5, 0.6) is 5.75 Å². The average molecular weight is 222 g/mol. The number of rotatable bonds is 6. The second-order valence-electron chi connectivity index (χ2n) is 3.48. The Morgan fingerprint density at radius 3 is 3.00 bits per heavy atom. The second-order valence-corrected chi connectivity index (χ2v) is 3.48.